The van der Waals surface area contributed by atoms with Gasteiger partial charge in [0.2, 0.25) is 11.8 Å². The van der Waals surface area contributed by atoms with Crippen LogP contribution in [0.25, 0.3) is 0 Å². The summed E-state index contributed by atoms with van der Waals surface area (Å²) in [6.45, 7) is 0.297. The Hall–Kier alpha value is -2.37. The summed E-state index contributed by atoms with van der Waals surface area (Å²) in [5.41, 5.74) is 1.50. The van der Waals surface area contributed by atoms with Crippen LogP contribution >= 0.6 is 11.6 Å². The maximum atomic E-state index is 13.2. The largest absolute Gasteiger partial charge is 0.324 e. The fourth-order valence-corrected chi connectivity index (χ4v) is 4.03. The van der Waals surface area contributed by atoms with Gasteiger partial charge in [-0.3, -0.25) is 14.5 Å². The number of para-hydroxylation sites is 2. The summed E-state index contributed by atoms with van der Waals surface area (Å²) in [5, 5.41) is 3.29. The number of anilines is 2. The molecule has 1 saturated carbocycles. The van der Waals surface area contributed by atoms with Gasteiger partial charge in [0.1, 0.15) is 0 Å². The van der Waals surface area contributed by atoms with Crippen LogP contribution in [0.3, 0.4) is 0 Å². The van der Waals surface area contributed by atoms with Crippen LogP contribution in [0.5, 0.6) is 0 Å². The number of rotatable bonds is 7. The Bertz CT molecular complexity index is 822. The summed E-state index contributed by atoms with van der Waals surface area (Å²) in [5.74, 6) is -0.173. The molecule has 0 unspecified atom stereocenters. The molecule has 1 aliphatic rings. The van der Waals surface area contributed by atoms with Gasteiger partial charge >= 0.3 is 0 Å². The SMILES string of the molecule is CN(CC(=O)Nc1ccccc1Cl)CC(=O)N(c1ccccc1)C1CCCCC1. The average Bonchev–Trinajstić information content (AvgIpc) is 2.71. The normalized spacial score (nSPS) is 14.6. The molecule has 1 N–H and O–H groups in total. The molecule has 2 aromatic carbocycles. The Balaban J connectivity index is 1.62. The average molecular weight is 414 g/mol. The summed E-state index contributed by atoms with van der Waals surface area (Å²) in [4.78, 5) is 29.2. The number of hydrogen-bond donors (Lipinski definition) is 1. The molecule has 0 spiro atoms. The zero-order chi connectivity index (χ0) is 20.6. The highest BCUT2D eigenvalue weighted by molar-refractivity contribution is 6.33. The van der Waals surface area contributed by atoms with Crippen LogP contribution in [0.1, 0.15) is 32.1 Å². The van der Waals surface area contributed by atoms with E-state index in [2.05, 4.69) is 5.32 Å². The molecule has 0 atom stereocenters. The number of benzene rings is 2. The molecule has 0 aliphatic heterocycles. The number of carbonyl (C=O) groups excluding carboxylic acids is 2. The summed E-state index contributed by atoms with van der Waals surface area (Å²) in [6.07, 6.45) is 5.58. The lowest BCUT2D eigenvalue weighted by molar-refractivity contribution is -0.121. The van der Waals surface area contributed by atoms with Gasteiger partial charge in [-0.15, -0.1) is 0 Å². The minimum Gasteiger partial charge on any atom is -0.324 e. The van der Waals surface area contributed by atoms with E-state index in [0.717, 1.165) is 31.4 Å². The standard InChI is InChI=1S/C23H28ClN3O2/c1-26(16-22(28)25-21-15-9-8-14-20(21)24)17-23(29)27(18-10-4-2-5-11-18)19-12-6-3-7-13-19/h2,4-5,8-11,14-15,19H,3,6-7,12-13,16-17H2,1H3,(H,25,28). The summed E-state index contributed by atoms with van der Waals surface area (Å²) >= 11 is 6.10. The molecule has 2 aromatic rings. The molecule has 2 amide bonds. The predicted octanol–water partition coefficient (Wildman–Crippen LogP) is 4.58. The number of likely N-dealkylation sites (N-methyl/N-ethyl adjacent to an activating group) is 1. The highest BCUT2D eigenvalue weighted by atomic mass is 35.5. The third-order valence-electron chi connectivity index (χ3n) is 5.21. The van der Waals surface area contributed by atoms with Crippen LogP contribution in [0.4, 0.5) is 11.4 Å². The topological polar surface area (TPSA) is 52.7 Å². The molecule has 6 heteroatoms. The number of nitrogens with zero attached hydrogens (tertiary/aromatic N) is 2. The van der Waals surface area contributed by atoms with Gasteiger partial charge in [0.05, 0.1) is 23.8 Å². The minimum atomic E-state index is -0.197. The zero-order valence-electron chi connectivity index (χ0n) is 16.8. The first-order valence-corrected chi connectivity index (χ1v) is 10.5. The monoisotopic (exact) mass is 413 g/mol. The molecule has 0 bridgehead atoms. The van der Waals surface area contributed by atoms with E-state index in [-0.39, 0.29) is 30.9 Å². The third kappa shape index (κ3) is 6.05. The van der Waals surface area contributed by atoms with Crippen molar-refractivity contribution in [2.75, 3.05) is 30.4 Å². The molecule has 5 nitrogen and oxygen atoms in total. The molecule has 0 radical (unpaired) electrons. The van der Waals surface area contributed by atoms with Gasteiger partial charge in [-0.2, -0.15) is 0 Å². The van der Waals surface area contributed by atoms with Crippen molar-refractivity contribution < 1.29 is 9.59 Å². The number of carbonyl (C=O) groups is 2. The van der Waals surface area contributed by atoms with E-state index in [1.165, 1.54) is 6.42 Å². The second-order valence-corrected chi connectivity index (χ2v) is 8.00. The fraction of sp³-hybridized carbons (Fsp3) is 0.391. The van der Waals surface area contributed by atoms with E-state index < -0.39 is 0 Å². The number of hydrogen-bond acceptors (Lipinski definition) is 3. The summed E-state index contributed by atoms with van der Waals surface area (Å²) < 4.78 is 0. The Labute approximate surface area is 177 Å². The van der Waals surface area contributed by atoms with Crippen molar-refractivity contribution in [2.24, 2.45) is 0 Å². The maximum absolute atomic E-state index is 13.2. The Morgan fingerprint density at radius 3 is 2.31 bits per heavy atom. The van der Waals surface area contributed by atoms with E-state index in [4.69, 9.17) is 11.6 Å². The third-order valence-corrected chi connectivity index (χ3v) is 5.54. The van der Waals surface area contributed by atoms with E-state index in [9.17, 15) is 9.59 Å². The number of halogens is 1. The number of nitrogens with one attached hydrogen (secondary N) is 1. The second-order valence-electron chi connectivity index (χ2n) is 7.59. The van der Waals surface area contributed by atoms with E-state index in [0.29, 0.717) is 10.7 Å². The van der Waals surface area contributed by atoms with Crippen LogP contribution in [0, 0.1) is 0 Å². The molecule has 1 fully saturated rings. The first-order valence-electron chi connectivity index (χ1n) is 10.1. The first-order chi connectivity index (χ1) is 14.0. The highest BCUT2D eigenvalue weighted by Gasteiger charge is 2.27. The van der Waals surface area contributed by atoms with Crippen LogP contribution in [0.2, 0.25) is 5.02 Å². The lowest BCUT2D eigenvalue weighted by Crippen LogP contribution is -2.47. The second kappa shape index (κ2) is 10.4. The highest BCUT2D eigenvalue weighted by Crippen LogP contribution is 2.27. The summed E-state index contributed by atoms with van der Waals surface area (Å²) in [7, 11) is 1.79. The minimum absolute atomic E-state index is 0.0242. The van der Waals surface area contributed by atoms with Crippen LogP contribution in [0.15, 0.2) is 54.6 Å². The molecule has 3 rings (SSSR count). The van der Waals surface area contributed by atoms with E-state index in [1.807, 2.05) is 47.4 Å². The maximum Gasteiger partial charge on any atom is 0.241 e. The molecular formula is C23H28ClN3O2. The number of amides is 2. The Morgan fingerprint density at radius 1 is 0.966 bits per heavy atom. The predicted molar refractivity (Wildman–Crippen MR) is 118 cm³/mol. The molecule has 0 aromatic heterocycles. The van der Waals surface area contributed by atoms with Crippen molar-refractivity contribution in [3.05, 3.63) is 59.6 Å². The van der Waals surface area contributed by atoms with Gasteiger partial charge < -0.3 is 10.2 Å². The molecule has 0 saturated heterocycles. The van der Waals surface area contributed by atoms with E-state index in [1.54, 1.807) is 24.1 Å². The molecule has 154 valence electrons. The van der Waals surface area contributed by atoms with Crippen molar-refractivity contribution in [1.29, 1.82) is 0 Å². The fourth-order valence-electron chi connectivity index (χ4n) is 3.85. The summed E-state index contributed by atoms with van der Waals surface area (Å²) in [6, 6.07) is 17.2. The Kier molecular flexibility index (Phi) is 7.67. The van der Waals surface area contributed by atoms with Crippen LogP contribution in [-0.2, 0) is 9.59 Å². The van der Waals surface area contributed by atoms with Crippen molar-refractivity contribution >= 4 is 34.8 Å². The first kappa shape index (κ1) is 21.3. The van der Waals surface area contributed by atoms with Gasteiger partial charge in [0.25, 0.3) is 0 Å². The van der Waals surface area contributed by atoms with Crippen molar-refractivity contribution in [3.8, 4) is 0 Å². The van der Waals surface area contributed by atoms with Crippen molar-refractivity contribution in [1.82, 2.24) is 4.90 Å². The molecule has 29 heavy (non-hydrogen) atoms. The van der Waals surface area contributed by atoms with E-state index >= 15 is 0 Å². The lowest BCUT2D eigenvalue weighted by Gasteiger charge is -2.35. The molecular weight excluding hydrogens is 386 g/mol. The van der Waals surface area contributed by atoms with Crippen molar-refractivity contribution in [3.63, 3.8) is 0 Å². The van der Waals surface area contributed by atoms with Gasteiger partial charge in [-0.05, 0) is 44.2 Å². The van der Waals surface area contributed by atoms with Gasteiger partial charge in [0.15, 0.2) is 0 Å². The van der Waals surface area contributed by atoms with Crippen LogP contribution < -0.4 is 10.2 Å². The van der Waals surface area contributed by atoms with Crippen LogP contribution in [-0.4, -0.2) is 42.9 Å². The quantitative estimate of drug-likeness (QED) is 0.723. The van der Waals surface area contributed by atoms with Crippen molar-refractivity contribution in [2.45, 2.75) is 38.1 Å². The smallest absolute Gasteiger partial charge is 0.241 e. The molecule has 1 aliphatic carbocycles. The van der Waals surface area contributed by atoms with Gasteiger partial charge in [-0.25, -0.2) is 0 Å². The Morgan fingerprint density at radius 2 is 1.62 bits per heavy atom. The zero-order valence-corrected chi connectivity index (χ0v) is 17.6. The van der Waals surface area contributed by atoms with Gasteiger partial charge in [0, 0.05) is 11.7 Å². The van der Waals surface area contributed by atoms with Gasteiger partial charge in [-0.1, -0.05) is 61.2 Å². The lowest BCUT2D eigenvalue weighted by atomic mass is 9.93. The molecule has 0 heterocycles.